The molecule has 2 heterocycles. The largest absolute Gasteiger partial charge is 0.444 e. The number of aryl methyl sites for hydroxylation is 1. The zero-order valence-corrected chi connectivity index (χ0v) is 15.0. The second-order valence-corrected chi connectivity index (χ2v) is 7.15. The minimum Gasteiger partial charge on any atom is -0.444 e. The van der Waals surface area contributed by atoms with Crippen molar-refractivity contribution in [1.82, 2.24) is 15.5 Å². The van der Waals surface area contributed by atoms with Gasteiger partial charge in [0.15, 0.2) is 5.82 Å². The van der Waals surface area contributed by atoms with Crippen LogP contribution in [0.5, 0.6) is 0 Å². The molecule has 0 unspecified atom stereocenters. The first-order chi connectivity index (χ1) is 11.2. The lowest BCUT2D eigenvalue weighted by Crippen LogP contribution is -2.49. The monoisotopic (exact) mass is 331 g/mol. The van der Waals surface area contributed by atoms with Crippen LogP contribution in [-0.4, -0.2) is 41.0 Å². The molecule has 1 aliphatic rings. The number of ether oxygens (including phenoxy) is 1. The van der Waals surface area contributed by atoms with E-state index in [-0.39, 0.29) is 6.04 Å². The quantitative estimate of drug-likeness (QED) is 0.895. The standard InChI is InChI=1S/C17H25N5O2/c1-11-12(2)20-21-15(14(11)9-18)22-8-6-7-13(10-22)19-16(23)24-17(3,4)5/h13H,6-8,10H2,1-5H3,(H,19,23)/t13-/m1/s1. The third kappa shape index (κ3) is 4.34. The zero-order valence-electron chi connectivity index (χ0n) is 15.0. The van der Waals surface area contributed by atoms with Crippen molar-refractivity contribution in [1.29, 1.82) is 5.26 Å². The molecule has 2 rings (SSSR count). The van der Waals surface area contributed by atoms with Gasteiger partial charge in [0.05, 0.1) is 5.69 Å². The van der Waals surface area contributed by atoms with E-state index < -0.39 is 11.7 Å². The number of carbonyl (C=O) groups excluding carboxylic acids is 1. The maximum atomic E-state index is 12.0. The van der Waals surface area contributed by atoms with Crippen LogP contribution in [0.25, 0.3) is 0 Å². The summed E-state index contributed by atoms with van der Waals surface area (Å²) in [7, 11) is 0. The van der Waals surface area contributed by atoms with E-state index >= 15 is 0 Å². The van der Waals surface area contributed by atoms with Crippen LogP contribution in [-0.2, 0) is 4.74 Å². The number of nitrogens with zero attached hydrogens (tertiary/aromatic N) is 4. The van der Waals surface area contributed by atoms with E-state index in [1.807, 2.05) is 39.5 Å². The molecular formula is C17H25N5O2. The van der Waals surface area contributed by atoms with E-state index in [9.17, 15) is 10.1 Å². The molecular weight excluding hydrogens is 306 g/mol. The molecule has 1 aromatic rings. The number of rotatable bonds is 2. The van der Waals surface area contributed by atoms with E-state index in [1.165, 1.54) is 0 Å². The summed E-state index contributed by atoms with van der Waals surface area (Å²) in [5.41, 5.74) is 1.65. The van der Waals surface area contributed by atoms with Gasteiger partial charge in [-0.3, -0.25) is 0 Å². The molecule has 0 spiro atoms. The summed E-state index contributed by atoms with van der Waals surface area (Å²) in [5.74, 6) is 0.594. The summed E-state index contributed by atoms with van der Waals surface area (Å²) in [6, 6.07) is 2.19. The van der Waals surface area contributed by atoms with Gasteiger partial charge in [0, 0.05) is 19.1 Å². The normalized spacial score (nSPS) is 18.0. The molecule has 1 saturated heterocycles. The van der Waals surface area contributed by atoms with Crippen molar-refractivity contribution in [3.8, 4) is 6.07 Å². The van der Waals surface area contributed by atoms with Gasteiger partial charge in [-0.15, -0.1) is 5.10 Å². The van der Waals surface area contributed by atoms with Gasteiger partial charge in [-0.2, -0.15) is 10.4 Å². The van der Waals surface area contributed by atoms with Crippen molar-refractivity contribution >= 4 is 11.9 Å². The Morgan fingerprint density at radius 2 is 2.08 bits per heavy atom. The van der Waals surface area contributed by atoms with Gasteiger partial charge in [-0.05, 0) is 53.0 Å². The van der Waals surface area contributed by atoms with E-state index in [0.29, 0.717) is 17.9 Å². The molecule has 24 heavy (non-hydrogen) atoms. The lowest BCUT2D eigenvalue weighted by atomic mass is 10.0. The van der Waals surface area contributed by atoms with E-state index in [1.54, 1.807) is 0 Å². The van der Waals surface area contributed by atoms with Gasteiger partial charge in [-0.25, -0.2) is 4.79 Å². The Labute approximate surface area is 143 Å². The summed E-state index contributed by atoms with van der Waals surface area (Å²) < 4.78 is 5.31. The fourth-order valence-electron chi connectivity index (χ4n) is 2.71. The minimum absolute atomic E-state index is 0.0384. The Morgan fingerprint density at radius 1 is 1.38 bits per heavy atom. The number of amides is 1. The van der Waals surface area contributed by atoms with Crippen molar-refractivity contribution in [3.63, 3.8) is 0 Å². The van der Waals surface area contributed by atoms with Crippen LogP contribution in [0.1, 0.15) is 50.4 Å². The molecule has 1 aliphatic heterocycles. The SMILES string of the molecule is Cc1nnc(N2CCC[C@@H](NC(=O)OC(C)(C)C)C2)c(C#N)c1C. The topological polar surface area (TPSA) is 91.1 Å². The molecule has 0 saturated carbocycles. The average Bonchev–Trinajstić information content (AvgIpc) is 2.48. The summed E-state index contributed by atoms with van der Waals surface area (Å²) >= 11 is 0. The lowest BCUT2D eigenvalue weighted by Gasteiger charge is -2.34. The molecule has 0 radical (unpaired) electrons. The summed E-state index contributed by atoms with van der Waals surface area (Å²) in [4.78, 5) is 14.0. The molecule has 7 nitrogen and oxygen atoms in total. The molecule has 1 N–H and O–H groups in total. The molecule has 0 aromatic carbocycles. The van der Waals surface area contributed by atoms with E-state index in [4.69, 9.17) is 4.74 Å². The number of nitriles is 1. The zero-order chi connectivity index (χ0) is 17.9. The summed E-state index contributed by atoms with van der Waals surface area (Å²) in [6.07, 6.45) is 1.36. The predicted molar refractivity (Wildman–Crippen MR) is 90.8 cm³/mol. The molecule has 1 fully saturated rings. The third-order valence-electron chi connectivity index (χ3n) is 3.99. The highest BCUT2D eigenvalue weighted by atomic mass is 16.6. The first kappa shape index (κ1) is 18.0. The number of piperidine rings is 1. The average molecular weight is 331 g/mol. The van der Waals surface area contributed by atoms with Gasteiger partial charge >= 0.3 is 6.09 Å². The Morgan fingerprint density at radius 3 is 2.71 bits per heavy atom. The first-order valence-corrected chi connectivity index (χ1v) is 8.19. The predicted octanol–water partition coefficient (Wildman–Crippen LogP) is 2.46. The van der Waals surface area contributed by atoms with Crippen LogP contribution < -0.4 is 10.2 Å². The highest BCUT2D eigenvalue weighted by molar-refractivity contribution is 5.68. The minimum atomic E-state index is -0.522. The second kappa shape index (κ2) is 7.04. The van der Waals surface area contributed by atoms with Crippen molar-refractivity contribution in [2.24, 2.45) is 0 Å². The van der Waals surface area contributed by atoms with Crippen LogP contribution in [0.2, 0.25) is 0 Å². The Balaban J connectivity index is 2.10. The van der Waals surface area contributed by atoms with Crippen molar-refractivity contribution in [2.45, 2.75) is 59.1 Å². The molecule has 0 bridgehead atoms. The number of carbonyl (C=O) groups is 1. The van der Waals surface area contributed by atoms with Crippen molar-refractivity contribution in [2.75, 3.05) is 18.0 Å². The van der Waals surface area contributed by atoms with Crippen molar-refractivity contribution < 1.29 is 9.53 Å². The van der Waals surface area contributed by atoms with E-state index in [0.717, 1.165) is 30.6 Å². The maximum absolute atomic E-state index is 12.0. The number of anilines is 1. The Kier molecular flexibility index (Phi) is 5.27. The van der Waals surface area contributed by atoms with Crippen LogP contribution >= 0.6 is 0 Å². The first-order valence-electron chi connectivity index (χ1n) is 8.19. The molecule has 0 aliphatic carbocycles. The number of alkyl carbamates (subject to hydrolysis) is 1. The van der Waals surface area contributed by atoms with E-state index in [2.05, 4.69) is 21.6 Å². The van der Waals surface area contributed by atoms with Crippen LogP contribution in [0.15, 0.2) is 0 Å². The van der Waals surface area contributed by atoms with Gasteiger partial charge < -0.3 is 15.0 Å². The van der Waals surface area contributed by atoms with Gasteiger partial charge in [0.25, 0.3) is 0 Å². The molecule has 1 atom stereocenters. The highest BCUT2D eigenvalue weighted by Crippen LogP contribution is 2.24. The number of nitrogens with one attached hydrogen (secondary N) is 1. The van der Waals surface area contributed by atoms with Crippen LogP contribution in [0.4, 0.5) is 10.6 Å². The summed E-state index contributed by atoms with van der Waals surface area (Å²) in [5, 5.41) is 20.7. The number of hydrogen-bond donors (Lipinski definition) is 1. The molecule has 130 valence electrons. The fourth-order valence-corrected chi connectivity index (χ4v) is 2.71. The summed E-state index contributed by atoms with van der Waals surface area (Å²) in [6.45, 7) is 10.6. The fraction of sp³-hybridized carbons (Fsp3) is 0.647. The number of aromatic nitrogens is 2. The molecule has 7 heteroatoms. The smallest absolute Gasteiger partial charge is 0.407 e. The third-order valence-corrected chi connectivity index (χ3v) is 3.99. The number of hydrogen-bond acceptors (Lipinski definition) is 6. The highest BCUT2D eigenvalue weighted by Gasteiger charge is 2.27. The molecule has 1 aromatic heterocycles. The van der Waals surface area contributed by atoms with Crippen molar-refractivity contribution in [3.05, 3.63) is 16.8 Å². The van der Waals surface area contributed by atoms with Gasteiger partial charge in [0.2, 0.25) is 0 Å². The Bertz CT molecular complexity index is 660. The van der Waals surface area contributed by atoms with Gasteiger partial charge in [0.1, 0.15) is 17.2 Å². The Hall–Kier alpha value is -2.36. The molecule has 1 amide bonds. The maximum Gasteiger partial charge on any atom is 0.407 e. The van der Waals surface area contributed by atoms with Crippen LogP contribution in [0.3, 0.4) is 0 Å². The van der Waals surface area contributed by atoms with Crippen LogP contribution in [0, 0.1) is 25.2 Å². The van der Waals surface area contributed by atoms with Gasteiger partial charge in [-0.1, -0.05) is 0 Å². The second-order valence-electron chi connectivity index (χ2n) is 7.15. The lowest BCUT2D eigenvalue weighted by molar-refractivity contribution is 0.0500.